The van der Waals surface area contributed by atoms with E-state index in [1.165, 1.54) is 30.4 Å². The van der Waals surface area contributed by atoms with Crippen LogP contribution in [0.5, 0.6) is 5.75 Å². The Labute approximate surface area is 112 Å². The molecule has 0 heterocycles. The van der Waals surface area contributed by atoms with Crippen molar-refractivity contribution in [1.29, 1.82) is 0 Å². The average molecular weight is 246 g/mol. The first-order valence-electron chi connectivity index (χ1n) is 7.00. The SMILES string of the molecule is CC(C)(C)COc1ccc2c(c1)CC(C)(C)CC2. The van der Waals surface area contributed by atoms with E-state index in [0.29, 0.717) is 5.41 Å². The number of fused-ring (bicyclic) bond motifs is 1. The molecule has 2 rings (SSSR count). The zero-order chi connectivity index (χ0) is 13.4. The zero-order valence-electron chi connectivity index (χ0n) is 12.5. The monoisotopic (exact) mass is 246 g/mol. The second-order valence-electron chi connectivity index (χ2n) is 7.62. The molecule has 100 valence electrons. The summed E-state index contributed by atoms with van der Waals surface area (Å²) in [5.74, 6) is 1.03. The summed E-state index contributed by atoms with van der Waals surface area (Å²) in [5.41, 5.74) is 3.65. The molecule has 0 radical (unpaired) electrons. The second kappa shape index (κ2) is 4.60. The molecule has 0 unspecified atom stereocenters. The van der Waals surface area contributed by atoms with E-state index in [4.69, 9.17) is 4.74 Å². The molecule has 1 heteroatoms. The lowest BCUT2D eigenvalue weighted by Crippen LogP contribution is -2.22. The Morgan fingerprint density at radius 3 is 2.56 bits per heavy atom. The van der Waals surface area contributed by atoms with Gasteiger partial charge in [-0.2, -0.15) is 0 Å². The Kier molecular flexibility index (Phi) is 3.44. The summed E-state index contributed by atoms with van der Waals surface area (Å²) in [6, 6.07) is 6.63. The van der Waals surface area contributed by atoms with Crippen LogP contribution in [-0.2, 0) is 12.8 Å². The minimum Gasteiger partial charge on any atom is -0.493 e. The van der Waals surface area contributed by atoms with Crippen molar-refractivity contribution in [1.82, 2.24) is 0 Å². The third-order valence-electron chi connectivity index (χ3n) is 3.59. The van der Waals surface area contributed by atoms with E-state index in [0.717, 1.165) is 12.4 Å². The Bertz CT molecular complexity index is 424. The van der Waals surface area contributed by atoms with Crippen molar-refractivity contribution < 1.29 is 4.74 Å². The number of rotatable bonds is 2. The fraction of sp³-hybridized carbons (Fsp3) is 0.647. The molecule has 0 aromatic heterocycles. The Morgan fingerprint density at radius 1 is 1.17 bits per heavy atom. The second-order valence-corrected chi connectivity index (χ2v) is 7.62. The third kappa shape index (κ3) is 3.51. The largest absolute Gasteiger partial charge is 0.493 e. The minimum absolute atomic E-state index is 0.217. The first-order chi connectivity index (χ1) is 8.25. The van der Waals surface area contributed by atoms with Gasteiger partial charge in [-0.25, -0.2) is 0 Å². The van der Waals surface area contributed by atoms with E-state index >= 15 is 0 Å². The van der Waals surface area contributed by atoms with Gasteiger partial charge in [0, 0.05) is 0 Å². The topological polar surface area (TPSA) is 9.23 Å². The maximum Gasteiger partial charge on any atom is 0.119 e. The number of ether oxygens (including phenoxy) is 1. The lowest BCUT2D eigenvalue weighted by Gasteiger charge is -2.31. The van der Waals surface area contributed by atoms with Crippen molar-refractivity contribution in [2.75, 3.05) is 6.61 Å². The predicted molar refractivity (Wildman–Crippen MR) is 77.2 cm³/mol. The summed E-state index contributed by atoms with van der Waals surface area (Å²) >= 11 is 0. The van der Waals surface area contributed by atoms with Crippen molar-refractivity contribution in [3.05, 3.63) is 29.3 Å². The molecule has 0 N–H and O–H groups in total. The standard InChI is InChI=1S/C17H26O/c1-16(2,3)12-18-15-7-6-13-8-9-17(4,5)11-14(13)10-15/h6-7,10H,8-9,11-12H2,1-5H3. The fourth-order valence-electron chi connectivity index (χ4n) is 2.48. The molecule has 18 heavy (non-hydrogen) atoms. The summed E-state index contributed by atoms with van der Waals surface area (Å²) in [5, 5.41) is 0. The van der Waals surface area contributed by atoms with E-state index < -0.39 is 0 Å². The van der Waals surface area contributed by atoms with Crippen molar-refractivity contribution in [3.8, 4) is 5.75 Å². The van der Waals surface area contributed by atoms with Crippen LogP contribution in [0.15, 0.2) is 18.2 Å². The van der Waals surface area contributed by atoms with Gasteiger partial charge in [0.2, 0.25) is 0 Å². The zero-order valence-corrected chi connectivity index (χ0v) is 12.5. The van der Waals surface area contributed by atoms with Crippen molar-refractivity contribution in [3.63, 3.8) is 0 Å². The van der Waals surface area contributed by atoms with Crippen LogP contribution in [0.1, 0.15) is 52.2 Å². The van der Waals surface area contributed by atoms with E-state index in [1.54, 1.807) is 0 Å². The van der Waals surface area contributed by atoms with E-state index in [1.807, 2.05) is 0 Å². The van der Waals surface area contributed by atoms with Crippen LogP contribution in [0, 0.1) is 10.8 Å². The average Bonchev–Trinajstić information content (AvgIpc) is 2.23. The molecular weight excluding hydrogens is 220 g/mol. The minimum atomic E-state index is 0.217. The van der Waals surface area contributed by atoms with Gasteiger partial charge in [-0.05, 0) is 53.4 Å². The van der Waals surface area contributed by atoms with Crippen LogP contribution in [-0.4, -0.2) is 6.61 Å². The van der Waals surface area contributed by atoms with Gasteiger partial charge in [-0.3, -0.25) is 0 Å². The lowest BCUT2D eigenvalue weighted by atomic mass is 9.74. The van der Waals surface area contributed by atoms with Crippen LogP contribution in [0.3, 0.4) is 0 Å². The van der Waals surface area contributed by atoms with E-state index in [-0.39, 0.29) is 5.41 Å². The normalized spacial score (nSPS) is 18.3. The highest BCUT2D eigenvalue weighted by molar-refractivity contribution is 5.38. The van der Waals surface area contributed by atoms with Crippen LogP contribution in [0.2, 0.25) is 0 Å². The molecule has 0 aliphatic heterocycles. The molecule has 0 spiro atoms. The molecule has 0 bridgehead atoms. The van der Waals surface area contributed by atoms with Crippen LogP contribution in [0.25, 0.3) is 0 Å². The van der Waals surface area contributed by atoms with E-state index in [9.17, 15) is 0 Å². The van der Waals surface area contributed by atoms with Crippen molar-refractivity contribution in [2.24, 2.45) is 10.8 Å². The van der Waals surface area contributed by atoms with Crippen LogP contribution < -0.4 is 4.74 Å². The van der Waals surface area contributed by atoms with Crippen molar-refractivity contribution >= 4 is 0 Å². The number of benzene rings is 1. The van der Waals surface area contributed by atoms with E-state index in [2.05, 4.69) is 52.8 Å². The highest BCUT2D eigenvalue weighted by atomic mass is 16.5. The summed E-state index contributed by atoms with van der Waals surface area (Å²) in [6.45, 7) is 12.1. The third-order valence-corrected chi connectivity index (χ3v) is 3.59. The quantitative estimate of drug-likeness (QED) is 0.739. The first-order valence-corrected chi connectivity index (χ1v) is 7.00. The molecule has 1 nitrogen and oxygen atoms in total. The highest BCUT2D eigenvalue weighted by Gasteiger charge is 2.25. The van der Waals surface area contributed by atoms with Gasteiger partial charge < -0.3 is 4.74 Å². The maximum atomic E-state index is 5.90. The molecular formula is C17H26O. The number of aryl methyl sites for hydroxylation is 1. The highest BCUT2D eigenvalue weighted by Crippen LogP contribution is 2.36. The first kappa shape index (κ1) is 13.5. The summed E-state index contributed by atoms with van der Waals surface area (Å²) in [7, 11) is 0. The summed E-state index contributed by atoms with van der Waals surface area (Å²) in [6.07, 6.45) is 3.68. The Balaban J connectivity index is 2.12. The number of hydrogen-bond donors (Lipinski definition) is 0. The van der Waals surface area contributed by atoms with Crippen molar-refractivity contribution in [2.45, 2.75) is 53.9 Å². The molecule has 0 amide bonds. The molecule has 0 fully saturated rings. The molecule has 1 aliphatic carbocycles. The van der Waals surface area contributed by atoms with Crippen LogP contribution in [0.4, 0.5) is 0 Å². The molecule has 1 aromatic carbocycles. The van der Waals surface area contributed by atoms with Gasteiger partial charge in [-0.15, -0.1) is 0 Å². The fourth-order valence-corrected chi connectivity index (χ4v) is 2.48. The number of hydrogen-bond acceptors (Lipinski definition) is 1. The Hall–Kier alpha value is -0.980. The predicted octanol–water partition coefficient (Wildman–Crippen LogP) is 4.63. The lowest BCUT2D eigenvalue weighted by molar-refractivity contribution is 0.197. The molecule has 0 saturated carbocycles. The smallest absolute Gasteiger partial charge is 0.119 e. The van der Waals surface area contributed by atoms with Gasteiger partial charge in [0.05, 0.1) is 6.61 Å². The summed E-state index contributed by atoms with van der Waals surface area (Å²) < 4.78 is 5.90. The molecule has 1 aliphatic rings. The molecule has 1 aromatic rings. The van der Waals surface area contributed by atoms with Crippen LogP contribution >= 0.6 is 0 Å². The maximum absolute atomic E-state index is 5.90. The van der Waals surface area contributed by atoms with Gasteiger partial charge in [0.15, 0.2) is 0 Å². The Morgan fingerprint density at radius 2 is 1.89 bits per heavy atom. The van der Waals surface area contributed by atoms with Gasteiger partial charge in [-0.1, -0.05) is 40.7 Å². The van der Waals surface area contributed by atoms with Gasteiger partial charge >= 0.3 is 0 Å². The molecule has 0 saturated heterocycles. The summed E-state index contributed by atoms with van der Waals surface area (Å²) in [4.78, 5) is 0. The van der Waals surface area contributed by atoms with Gasteiger partial charge in [0.25, 0.3) is 0 Å². The molecule has 0 atom stereocenters. The van der Waals surface area contributed by atoms with Gasteiger partial charge in [0.1, 0.15) is 5.75 Å².